The number of hydrogen-bond acceptors (Lipinski definition) is 8. The Morgan fingerprint density at radius 3 is 2.21 bits per heavy atom. The first kappa shape index (κ1) is 30.9. The number of nitrogens with one attached hydrogen (secondary N) is 1. The predicted octanol–water partition coefficient (Wildman–Crippen LogP) is 6.97. The van der Waals surface area contributed by atoms with Gasteiger partial charge in [-0.25, -0.2) is 5.43 Å². The average molecular weight is 604 g/mol. The van der Waals surface area contributed by atoms with E-state index in [1.165, 1.54) is 18.3 Å². The number of rotatable bonds is 14. The van der Waals surface area contributed by atoms with Crippen molar-refractivity contribution in [1.29, 1.82) is 0 Å². The molecule has 10 nitrogen and oxygen atoms in total. The fourth-order valence-electron chi connectivity index (χ4n) is 3.94. The summed E-state index contributed by atoms with van der Waals surface area (Å²) in [5, 5.41) is 15.2. The topological polar surface area (TPSA) is 122 Å². The molecular weight excluding hydrogens is 574 g/mol. The van der Waals surface area contributed by atoms with Crippen LogP contribution >= 0.6 is 11.6 Å². The van der Waals surface area contributed by atoms with E-state index in [0.717, 1.165) is 11.1 Å². The molecule has 0 aliphatic rings. The van der Waals surface area contributed by atoms with Gasteiger partial charge in [-0.3, -0.25) is 14.9 Å². The lowest BCUT2D eigenvalue weighted by Gasteiger charge is -2.14. The molecule has 0 aromatic heterocycles. The second-order valence-electron chi connectivity index (χ2n) is 9.04. The highest BCUT2D eigenvalue weighted by atomic mass is 35.5. The summed E-state index contributed by atoms with van der Waals surface area (Å²) in [7, 11) is 0. The van der Waals surface area contributed by atoms with E-state index in [2.05, 4.69) is 10.5 Å². The van der Waals surface area contributed by atoms with Gasteiger partial charge >= 0.3 is 0 Å². The summed E-state index contributed by atoms with van der Waals surface area (Å²) >= 11 is 6.50. The van der Waals surface area contributed by atoms with Gasteiger partial charge in [0.05, 0.1) is 29.4 Å². The Kier molecular flexibility index (Phi) is 10.9. The fourth-order valence-corrected chi connectivity index (χ4v) is 4.21. The van der Waals surface area contributed by atoms with Gasteiger partial charge in [-0.2, -0.15) is 5.10 Å². The van der Waals surface area contributed by atoms with E-state index in [0.29, 0.717) is 53.9 Å². The third-order valence-corrected chi connectivity index (χ3v) is 6.27. The Balaban J connectivity index is 1.41. The monoisotopic (exact) mass is 603 g/mol. The number of nitrogens with zero attached hydrogens (tertiary/aromatic N) is 2. The number of hydrogen-bond donors (Lipinski definition) is 1. The quantitative estimate of drug-likeness (QED) is 0.0938. The van der Waals surface area contributed by atoms with Crippen molar-refractivity contribution in [3.63, 3.8) is 0 Å². The van der Waals surface area contributed by atoms with Crippen molar-refractivity contribution in [3.05, 3.63) is 122 Å². The van der Waals surface area contributed by atoms with Crippen LogP contribution in [0.2, 0.25) is 5.02 Å². The zero-order valence-corrected chi connectivity index (χ0v) is 24.4. The molecule has 0 bridgehead atoms. The second-order valence-corrected chi connectivity index (χ2v) is 9.45. The van der Waals surface area contributed by atoms with Crippen LogP contribution in [0.1, 0.15) is 40.9 Å². The number of benzene rings is 4. The van der Waals surface area contributed by atoms with E-state index in [1.807, 2.05) is 44.2 Å². The maximum absolute atomic E-state index is 12.8. The summed E-state index contributed by atoms with van der Waals surface area (Å²) in [6, 6.07) is 24.0. The van der Waals surface area contributed by atoms with Gasteiger partial charge in [0, 0.05) is 17.7 Å². The van der Waals surface area contributed by atoms with Crippen LogP contribution in [-0.2, 0) is 13.2 Å². The van der Waals surface area contributed by atoms with Crippen LogP contribution in [-0.4, -0.2) is 30.3 Å². The van der Waals surface area contributed by atoms with Gasteiger partial charge in [-0.1, -0.05) is 41.9 Å². The summed E-state index contributed by atoms with van der Waals surface area (Å²) < 4.78 is 23.2. The zero-order valence-electron chi connectivity index (χ0n) is 23.6. The van der Waals surface area contributed by atoms with Crippen LogP contribution in [0.15, 0.2) is 90.0 Å². The number of carbonyl (C=O) groups is 1. The van der Waals surface area contributed by atoms with Gasteiger partial charge in [0.25, 0.3) is 11.6 Å². The molecule has 11 heteroatoms. The second kappa shape index (κ2) is 15.2. The molecule has 1 amide bonds. The molecule has 0 saturated heterocycles. The summed E-state index contributed by atoms with van der Waals surface area (Å²) in [6.45, 7) is 4.93. The molecule has 4 rings (SSSR count). The Hall–Kier alpha value is -5.09. The van der Waals surface area contributed by atoms with Gasteiger partial charge in [-0.05, 0) is 73.0 Å². The van der Waals surface area contributed by atoms with E-state index in [4.69, 9.17) is 30.5 Å². The zero-order chi connectivity index (χ0) is 30.6. The third-order valence-electron chi connectivity index (χ3n) is 5.98. The van der Waals surface area contributed by atoms with Crippen molar-refractivity contribution < 1.29 is 28.7 Å². The molecule has 0 aliphatic carbocycles. The smallest absolute Gasteiger partial charge is 0.271 e. The number of amides is 1. The van der Waals surface area contributed by atoms with Crippen LogP contribution in [0.4, 0.5) is 5.69 Å². The van der Waals surface area contributed by atoms with Gasteiger partial charge in [0.15, 0.2) is 23.0 Å². The molecule has 0 atom stereocenters. The number of non-ortho nitro benzene ring substituents is 1. The molecule has 43 heavy (non-hydrogen) atoms. The summed E-state index contributed by atoms with van der Waals surface area (Å²) in [5.74, 6) is 1.25. The number of carbonyl (C=O) groups excluding carboxylic acids is 1. The number of hydrazone groups is 1. The number of halogens is 1. The molecule has 0 aliphatic heterocycles. The fraction of sp³-hybridized carbons (Fsp3) is 0.188. The summed E-state index contributed by atoms with van der Waals surface area (Å²) in [5.41, 5.74) is 5.15. The molecule has 0 saturated carbocycles. The van der Waals surface area contributed by atoms with Crippen molar-refractivity contribution in [2.45, 2.75) is 27.1 Å². The minimum Gasteiger partial charge on any atom is -0.490 e. The van der Waals surface area contributed by atoms with Crippen molar-refractivity contribution in [3.8, 4) is 23.0 Å². The minimum absolute atomic E-state index is 0.00730. The Morgan fingerprint density at radius 1 is 0.837 bits per heavy atom. The lowest BCUT2D eigenvalue weighted by atomic mass is 10.2. The molecule has 0 heterocycles. The lowest BCUT2D eigenvalue weighted by molar-refractivity contribution is -0.384. The van der Waals surface area contributed by atoms with E-state index in [-0.39, 0.29) is 17.3 Å². The predicted molar refractivity (Wildman–Crippen MR) is 163 cm³/mol. The minimum atomic E-state index is -0.464. The summed E-state index contributed by atoms with van der Waals surface area (Å²) in [6.07, 6.45) is 1.44. The van der Waals surface area contributed by atoms with Crippen molar-refractivity contribution >= 4 is 29.4 Å². The molecular formula is C32H30ClN3O7. The lowest BCUT2D eigenvalue weighted by Crippen LogP contribution is -2.17. The first-order valence-electron chi connectivity index (χ1n) is 13.5. The SMILES string of the molecule is CCOc1cc(C(=O)N/N=C/c2cc(Cl)c(OCc3ccc([N+](=O)[O-])cc3)c(OCC)c2)ccc1OCc1ccccc1. The average Bonchev–Trinajstić information content (AvgIpc) is 3.01. The number of nitro groups is 1. The highest BCUT2D eigenvalue weighted by Crippen LogP contribution is 2.37. The molecule has 4 aromatic carbocycles. The van der Waals surface area contributed by atoms with Crippen LogP contribution in [0.25, 0.3) is 0 Å². The van der Waals surface area contributed by atoms with Gasteiger partial charge in [0.1, 0.15) is 13.2 Å². The number of ether oxygens (including phenoxy) is 4. The number of nitro benzene ring substituents is 1. The van der Waals surface area contributed by atoms with Crippen LogP contribution < -0.4 is 24.4 Å². The van der Waals surface area contributed by atoms with Crippen LogP contribution in [0.3, 0.4) is 0 Å². The highest BCUT2D eigenvalue weighted by molar-refractivity contribution is 6.32. The highest BCUT2D eigenvalue weighted by Gasteiger charge is 2.14. The van der Waals surface area contributed by atoms with Crippen molar-refractivity contribution in [2.24, 2.45) is 5.10 Å². The molecule has 222 valence electrons. The van der Waals surface area contributed by atoms with E-state index in [9.17, 15) is 14.9 Å². The van der Waals surface area contributed by atoms with E-state index in [1.54, 1.807) is 42.5 Å². The maximum Gasteiger partial charge on any atom is 0.271 e. The first-order valence-corrected chi connectivity index (χ1v) is 13.8. The molecule has 1 N–H and O–H groups in total. The Bertz CT molecular complexity index is 1580. The Morgan fingerprint density at radius 2 is 1.51 bits per heavy atom. The normalized spacial score (nSPS) is 10.8. The standard InChI is InChI=1S/C32H30ClN3O7/c1-3-40-29-18-25(12-15-28(29)42-20-22-8-6-5-7-9-22)32(37)35-34-19-24-16-27(33)31(30(17-24)41-4-2)43-21-23-10-13-26(14-11-23)36(38)39/h5-19H,3-4,20-21H2,1-2H3,(H,35,37)/b34-19+. The van der Waals surface area contributed by atoms with E-state index < -0.39 is 10.8 Å². The summed E-state index contributed by atoms with van der Waals surface area (Å²) in [4.78, 5) is 23.2. The van der Waals surface area contributed by atoms with Crippen molar-refractivity contribution in [1.82, 2.24) is 5.43 Å². The van der Waals surface area contributed by atoms with Crippen LogP contribution in [0, 0.1) is 10.1 Å². The van der Waals surface area contributed by atoms with Crippen molar-refractivity contribution in [2.75, 3.05) is 13.2 Å². The van der Waals surface area contributed by atoms with Gasteiger partial charge in [0.2, 0.25) is 0 Å². The third kappa shape index (κ3) is 8.70. The molecule has 0 spiro atoms. The van der Waals surface area contributed by atoms with Gasteiger partial charge in [-0.15, -0.1) is 0 Å². The van der Waals surface area contributed by atoms with Crippen LogP contribution in [0.5, 0.6) is 23.0 Å². The van der Waals surface area contributed by atoms with E-state index >= 15 is 0 Å². The molecule has 0 fully saturated rings. The largest absolute Gasteiger partial charge is 0.490 e. The molecule has 0 radical (unpaired) electrons. The maximum atomic E-state index is 12.8. The molecule has 0 unspecified atom stereocenters. The first-order chi connectivity index (χ1) is 20.9. The Labute approximate surface area is 254 Å². The molecule has 4 aromatic rings. The van der Waals surface area contributed by atoms with Gasteiger partial charge < -0.3 is 18.9 Å².